The van der Waals surface area contributed by atoms with Gasteiger partial charge in [0.1, 0.15) is 0 Å². The molecule has 2 amide bonds. The number of nitrogens with zero attached hydrogens (tertiary/aromatic N) is 1. The molecular formula is C16H21ClF3N3O2. The van der Waals surface area contributed by atoms with Crippen LogP contribution < -0.4 is 15.5 Å². The molecule has 0 saturated carbocycles. The highest BCUT2D eigenvalue weighted by Gasteiger charge is 2.33. The van der Waals surface area contributed by atoms with Gasteiger partial charge in [-0.05, 0) is 38.6 Å². The number of alkyl halides is 3. The van der Waals surface area contributed by atoms with E-state index < -0.39 is 17.6 Å². The molecule has 25 heavy (non-hydrogen) atoms. The topological polar surface area (TPSA) is 61.4 Å². The Hall–Kier alpha value is -1.80. The van der Waals surface area contributed by atoms with Crippen LogP contribution in [0.1, 0.15) is 35.7 Å². The molecule has 5 nitrogen and oxygen atoms in total. The summed E-state index contributed by atoms with van der Waals surface area (Å²) >= 11 is 0. The predicted octanol–water partition coefficient (Wildman–Crippen LogP) is 2.59. The van der Waals surface area contributed by atoms with Gasteiger partial charge in [-0.25, -0.2) is 0 Å². The highest BCUT2D eigenvalue weighted by molar-refractivity contribution is 5.99. The number of hydrogen-bond donors (Lipinski definition) is 2. The van der Waals surface area contributed by atoms with Gasteiger partial charge in [0.05, 0.1) is 5.56 Å². The van der Waals surface area contributed by atoms with Crippen molar-refractivity contribution in [3.8, 4) is 0 Å². The number of carbonyl (C=O) groups is 2. The molecule has 1 unspecified atom stereocenters. The lowest BCUT2D eigenvalue weighted by molar-refractivity contribution is -0.137. The lowest BCUT2D eigenvalue weighted by Gasteiger charge is -2.19. The molecule has 2 N–H and O–H groups in total. The van der Waals surface area contributed by atoms with Crippen LogP contribution in [-0.4, -0.2) is 38.0 Å². The molecule has 0 radical (unpaired) electrons. The summed E-state index contributed by atoms with van der Waals surface area (Å²) in [6, 6.07) is 3.04. The monoisotopic (exact) mass is 379 g/mol. The number of halogens is 4. The van der Waals surface area contributed by atoms with Gasteiger partial charge in [-0.1, -0.05) is 0 Å². The van der Waals surface area contributed by atoms with Crippen molar-refractivity contribution >= 4 is 29.9 Å². The van der Waals surface area contributed by atoms with E-state index in [-0.39, 0.29) is 42.2 Å². The first kappa shape index (κ1) is 21.2. The zero-order valence-corrected chi connectivity index (χ0v) is 14.8. The smallest absolute Gasteiger partial charge is 0.350 e. The fourth-order valence-electron chi connectivity index (χ4n) is 2.43. The fourth-order valence-corrected chi connectivity index (χ4v) is 2.43. The van der Waals surface area contributed by atoms with E-state index in [2.05, 4.69) is 10.6 Å². The average Bonchev–Trinajstić information content (AvgIpc) is 2.97. The van der Waals surface area contributed by atoms with Crippen LogP contribution in [-0.2, 0) is 11.0 Å². The Kier molecular flexibility index (Phi) is 7.25. The summed E-state index contributed by atoms with van der Waals surface area (Å²) in [5.74, 6) is -0.833. The molecule has 0 aromatic heterocycles. The molecule has 1 heterocycles. The normalized spacial score (nSPS) is 15.7. The van der Waals surface area contributed by atoms with Crippen molar-refractivity contribution < 1.29 is 22.8 Å². The van der Waals surface area contributed by atoms with Crippen molar-refractivity contribution in [2.75, 3.05) is 25.0 Å². The van der Waals surface area contributed by atoms with Crippen molar-refractivity contribution in [1.29, 1.82) is 0 Å². The van der Waals surface area contributed by atoms with Crippen LogP contribution in [0.25, 0.3) is 0 Å². The minimum atomic E-state index is -4.59. The molecule has 1 fully saturated rings. The first-order chi connectivity index (χ1) is 11.2. The summed E-state index contributed by atoms with van der Waals surface area (Å²) < 4.78 is 39.4. The molecule has 1 saturated heterocycles. The Morgan fingerprint density at radius 2 is 2.00 bits per heavy atom. The second-order valence-corrected chi connectivity index (χ2v) is 5.81. The summed E-state index contributed by atoms with van der Waals surface area (Å²) in [5.41, 5.74) is -0.937. The summed E-state index contributed by atoms with van der Waals surface area (Å²) in [7, 11) is 1.72. The summed E-state index contributed by atoms with van der Waals surface area (Å²) in [4.78, 5) is 25.3. The lowest BCUT2D eigenvalue weighted by atomic mass is 10.1. The molecule has 1 aliphatic heterocycles. The Bertz CT molecular complexity index is 638. The zero-order valence-electron chi connectivity index (χ0n) is 13.9. The maximum Gasteiger partial charge on any atom is 0.416 e. The molecule has 9 heteroatoms. The van der Waals surface area contributed by atoms with Crippen LogP contribution in [0.2, 0.25) is 0 Å². The number of rotatable bonds is 5. The Balaban J connectivity index is 0.00000312. The molecule has 1 aliphatic rings. The van der Waals surface area contributed by atoms with Crippen molar-refractivity contribution in [2.45, 2.75) is 32.0 Å². The first-order valence-corrected chi connectivity index (χ1v) is 7.70. The van der Waals surface area contributed by atoms with Crippen LogP contribution in [0.5, 0.6) is 0 Å². The Labute approximate surface area is 150 Å². The van der Waals surface area contributed by atoms with Crippen molar-refractivity contribution in [2.24, 2.45) is 0 Å². The van der Waals surface area contributed by atoms with Gasteiger partial charge in [-0.15, -0.1) is 12.4 Å². The van der Waals surface area contributed by atoms with E-state index in [1.807, 2.05) is 6.92 Å². The van der Waals surface area contributed by atoms with E-state index >= 15 is 0 Å². The number of amides is 2. The van der Waals surface area contributed by atoms with Gasteiger partial charge in [-0.3, -0.25) is 9.59 Å². The van der Waals surface area contributed by atoms with Gasteiger partial charge in [0.25, 0.3) is 5.91 Å². The number of carbonyl (C=O) groups excluding carboxylic acids is 2. The number of anilines is 1. The minimum Gasteiger partial charge on any atom is -0.350 e. The maximum atomic E-state index is 13.1. The Morgan fingerprint density at radius 3 is 2.52 bits per heavy atom. The van der Waals surface area contributed by atoms with E-state index in [1.165, 1.54) is 11.0 Å². The van der Waals surface area contributed by atoms with Crippen LogP contribution in [0, 0.1) is 0 Å². The van der Waals surface area contributed by atoms with E-state index in [9.17, 15) is 22.8 Å². The zero-order chi connectivity index (χ0) is 17.9. The third-order valence-corrected chi connectivity index (χ3v) is 3.95. The van der Waals surface area contributed by atoms with Gasteiger partial charge in [0.2, 0.25) is 5.91 Å². The number of likely N-dealkylation sites (N-methyl/N-ethyl adjacent to an activating group) is 1. The van der Waals surface area contributed by atoms with E-state index in [4.69, 9.17) is 0 Å². The second-order valence-electron chi connectivity index (χ2n) is 5.81. The maximum absolute atomic E-state index is 13.1. The largest absolute Gasteiger partial charge is 0.416 e. The summed E-state index contributed by atoms with van der Waals surface area (Å²) in [6.07, 6.45) is -3.69. The number of hydrogen-bond acceptors (Lipinski definition) is 3. The SMILES string of the molecule is CNC(C)CNC(=O)c1cc(N2CCCC2=O)cc(C(F)(F)F)c1.Cl. The van der Waals surface area contributed by atoms with Crippen molar-refractivity contribution in [1.82, 2.24) is 10.6 Å². The van der Waals surface area contributed by atoms with Gasteiger partial charge < -0.3 is 15.5 Å². The first-order valence-electron chi connectivity index (χ1n) is 7.70. The third-order valence-electron chi connectivity index (χ3n) is 3.95. The molecule has 1 atom stereocenters. The second kappa shape index (κ2) is 8.53. The van der Waals surface area contributed by atoms with Crippen molar-refractivity contribution in [3.05, 3.63) is 29.3 Å². The lowest BCUT2D eigenvalue weighted by Crippen LogP contribution is -2.37. The number of benzene rings is 1. The molecule has 2 rings (SSSR count). The summed E-state index contributed by atoms with van der Waals surface area (Å²) in [5, 5.41) is 5.51. The predicted molar refractivity (Wildman–Crippen MR) is 91.1 cm³/mol. The molecular weight excluding hydrogens is 359 g/mol. The molecule has 0 bridgehead atoms. The van der Waals surface area contributed by atoms with E-state index in [0.29, 0.717) is 19.4 Å². The molecule has 1 aromatic carbocycles. The van der Waals surface area contributed by atoms with Crippen molar-refractivity contribution in [3.63, 3.8) is 0 Å². The quantitative estimate of drug-likeness (QED) is 0.826. The van der Waals surface area contributed by atoms with E-state index in [1.54, 1.807) is 7.05 Å². The van der Waals surface area contributed by atoms with Crippen LogP contribution >= 0.6 is 12.4 Å². The highest BCUT2D eigenvalue weighted by atomic mass is 35.5. The highest BCUT2D eigenvalue weighted by Crippen LogP contribution is 2.34. The van der Waals surface area contributed by atoms with Gasteiger partial charge in [0.15, 0.2) is 0 Å². The van der Waals surface area contributed by atoms with Crippen LogP contribution in [0.3, 0.4) is 0 Å². The Morgan fingerprint density at radius 1 is 1.32 bits per heavy atom. The van der Waals surface area contributed by atoms with Crippen LogP contribution in [0.4, 0.5) is 18.9 Å². The molecule has 0 spiro atoms. The molecule has 140 valence electrons. The van der Waals surface area contributed by atoms with Gasteiger partial charge in [0, 0.05) is 36.8 Å². The molecule has 0 aliphatic carbocycles. The van der Waals surface area contributed by atoms with Gasteiger partial charge >= 0.3 is 6.18 Å². The number of nitrogens with one attached hydrogen (secondary N) is 2. The van der Waals surface area contributed by atoms with E-state index in [0.717, 1.165) is 12.1 Å². The fraction of sp³-hybridized carbons (Fsp3) is 0.500. The van der Waals surface area contributed by atoms with Gasteiger partial charge in [-0.2, -0.15) is 13.2 Å². The third kappa shape index (κ3) is 5.34. The standard InChI is InChI=1S/C16H20F3N3O2.ClH/c1-10(20-2)9-21-15(24)11-6-12(16(17,18)19)8-13(7-11)22-5-3-4-14(22)23;/h6-8,10,20H,3-5,9H2,1-2H3,(H,21,24);1H. The summed E-state index contributed by atoms with van der Waals surface area (Å²) in [6.45, 7) is 2.47. The minimum absolute atomic E-state index is 0. The molecule has 1 aromatic rings. The average molecular weight is 380 g/mol. The van der Waals surface area contributed by atoms with Crippen LogP contribution in [0.15, 0.2) is 18.2 Å².